The minimum absolute atomic E-state index is 0.117. The van der Waals surface area contributed by atoms with E-state index in [2.05, 4.69) is 4.98 Å². The summed E-state index contributed by atoms with van der Waals surface area (Å²) in [5, 5.41) is 10.3. The van der Waals surface area contributed by atoms with Gasteiger partial charge < -0.3 is 4.74 Å². The second-order valence-corrected chi connectivity index (χ2v) is 6.20. The molecule has 2 amide bonds. The summed E-state index contributed by atoms with van der Waals surface area (Å²) in [6.45, 7) is 2.09. The largest absolute Gasteiger partial charge is 0.439 e. The number of amides is 2. The lowest BCUT2D eigenvalue weighted by molar-refractivity contribution is -0.385. The van der Waals surface area contributed by atoms with Crippen LogP contribution >= 0.6 is 11.8 Å². The molecule has 0 aliphatic carbocycles. The molecule has 132 valence electrons. The van der Waals surface area contributed by atoms with Gasteiger partial charge in [0.05, 0.1) is 9.83 Å². The first-order valence-corrected chi connectivity index (χ1v) is 8.43. The lowest BCUT2D eigenvalue weighted by Gasteiger charge is -2.07. The summed E-state index contributed by atoms with van der Waals surface area (Å²) in [6, 6.07) is 9.55. The molecule has 2 aromatic rings. The van der Waals surface area contributed by atoms with E-state index in [9.17, 15) is 19.7 Å². The Morgan fingerprint density at radius 2 is 1.96 bits per heavy atom. The number of pyridine rings is 1. The number of imide groups is 1. The lowest BCUT2D eigenvalue weighted by Crippen LogP contribution is -2.27. The fourth-order valence-electron chi connectivity index (χ4n) is 2.22. The Kier molecular flexibility index (Phi) is 4.99. The second kappa shape index (κ2) is 7.36. The van der Waals surface area contributed by atoms with Gasteiger partial charge in [-0.2, -0.15) is 0 Å². The molecule has 1 aromatic carbocycles. The normalized spacial score (nSPS) is 15.6. The van der Waals surface area contributed by atoms with Crippen LogP contribution in [-0.2, 0) is 4.79 Å². The number of nitro groups is 1. The average Bonchev–Trinajstić information content (AvgIpc) is 2.90. The number of carbonyl (C=O) groups excluding carboxylic acids is 2. The van der Waals surface area contributed by atoms with Gasteiger partial charge in [0.15, 0.2) is 0 Å². The van der Waals surface area contributed by atoms with Crippen LogP contribution in [0.5, 0.6) is 11.6 Å². The van der Waals surface area contributed by atoms with E-state index in [1.807, 2.05) is 0 Å². The third kappa shape index (κ3) is 3.72. The van der Waals surface area contributed by atoms with Crippen molar-refractivity contribution in [2.75, 3.05) is 6.54 Å². The summed E-state index contributed by atoms with van der Waals surface area (Å²) < 4.78 is 5.52. The van der Waals surface area contributed by atoms with Crippen molar-refractivity contribution in [3.05, 3.63) is 63.2 Å². The summed E-state index contributed by atoms with van der Waals surface area (Å²) in [5.74, 6) is 0.426. The van der Waals surface area contributed by atoms with Crippen LogP contribution < -0.4 is 4.74 Å². The zero-order chi connectivity index (χ0) is 18.7. The van der Waals surface area contributed by atoms with Gasteiger partial charge in [-0.05, 0) is 42.5 Å². The highest BCUT2D eigenvalue weighted by Crippen LogP contribution is 2.32. The van der Waals surface area contributed by atoms with E-state index in [-0.39, 0.29) is 22.7 Å². The number of carbonyl (C=O) groups is 2. The maximum Gasteiger partial charge on any atom is 0.293 e. The molecule has 1 fully saturated rings. The second-order valence-electron chi connectivity index (χ2n) is 5.21. The van der Waals surface area contributed by atoms with E-state index in [4.69, 9.17) is 4.74 Å². The summed E-state index contributed by atoms with van der Waals surface area (Å²) in [7, 11) is 0. The minimum atomic E-state index is -0.536. The fourth-order valence-corrected chi connectivity index (χ4v) is 3.12. The van der Waals surface area contributed by atoms with Gasteiger partial charge in [-0.1, -0.05) is 12.1 Å². The van der Waals surface area contributed by atoms with Gasteiger partial charge in [-0.15, -0.1) is 0 Å². The Balaban J connectivity index is 1.71. The van der Waals surface area contributed by atoms with Crippen LogP contribution in [0.25, 0.3) is 6.08 Å². The number of ether oxygens (including phenoxy) is 1. The van der Waals surface area contributed by atoms with Gasteiger partial charge in [-0.25, -0.2) is 4.98 Å². The highest BCUT2D eigenvalue weighted by atomic mass is 32.2. The van der Waals surface area contributed by atoms with Crippen molar-refractivity contribution < 1.29 is 19.2 Å². The molecule has 8 nitrogen and oxygen atoms in total. The Hall–Kier alpha value is -3.20. The summed E-state index contributed by atoms with van der Waals surface area (Å²) in [6.07, 6.45) is 2.77. The van der Waals surface area contributed by atoms with Gasteiger partial charge in [0.2, 0.25) is 5.88 Å². The minimum Gasteiger partial charge on any atom is -0.439 e. The highest BCUT2D eigenvalue weighted by molar-refractivity contribution is 8.18. The molecule has 0 radical (unpaired) electrons. The molecule has 0 saturated carbocycles. The van der Waals surface area contributed by atoms with Crippen LogP contribution in [0.4, 0.5) is 10.5 Å². The van der Waals surface area contributed by atoms with Crippen LogP contribution in [0.2, 0.25) is 0 Å². The fraction of sp³-hybridized carbons (Fsp3) is 0.118. The monoisotopic (exact) mass is 371 g/mol. The molecule has 0 spiro atoms. The molecule has 1 aliphatic heterocycles. The molecule has 0 unspecified atom stereocenters. The number of aromatic nitrogens is 1. The van der Waals surface area contributed by atoms with Crippen molar-refractivity contribution >= 4 is 34.7 Å². The van der Waals surface area contributed by atoms with Gasteiger partial charge in [0.25, 0.3) is 16.8 Å². The van der Waals surface area contributed by atoms with Crippen molar-refractivity contribution in [2.24, 2.45) is 0 Å². The van der Waals surface area contributed by atoms with Gasteiger partial charge >= 0.3 is 0 Å². The van der Waals surface area contributed by atoms with Crippen LogP contribution in [0.3, 0.4) is 0 Å². The molecule has 1 aliphatic rings. The predicted octanol–water partition coefficient (Wildman–Crippen LogP) is 3.84. The Morgan fingerprint density at radius 1 is 1.23 bits per heavy atom. The van der Waals surface area contributed by atoms with Crippen molar-refractivity contribution in [3.63, 3.8) is 0 Å². The zero-order valence-corrected chi connectivity index (χ0v) is 14.4. The summed E-state index contributed by atoms with van der Waals surface area (Å²) >= 11 is 0.914. The van der Waals surface area contributed by atoms with Crippen molar-refractivity contribution in [2.45, 2.75) is 6.92 Å². The van der Waals surface area contributed by atoms with Crippen molar-refractivity contribution in [3.8, 4) is 11.6 Å². The molecule has 3 rings (SSSR count). The smallest absolute Gasteiger partial charge is 0.293 e. The Labute approximate surface area is 152 Å². The van der Waals surface area contributed by atoms with Crippen LogP contribution in [0, 0.1) is 10.1 Å². The number of hydrogen-bond donors (Lipinski definition) is 0. The summed E-state index contributed by atoms with van der Waals surface area (Å²) in [5.41, 5.74) is 0.629. The quantitative estimate of drug-likeness (QED) is 0.447. The number of thioether (sulfide) groups is 1. The van der Waals surface area contributed by atoms with Crippen molar-refractivity contribution in [1.82, 2.24) is 9.88 Å². The molecule has 0 atom stereocenters. The molecular formula is C17H13N3O5S. The third-order valence-electron chi connectivity index (χ3n) is 3.52. The molecular weight excluding hydrogens is 358 g/mol. The van der Waals surface area contributed by atoms with Gasteiger partial charge in [0, 0.05) is 18.7 Å². The first-order chi connectivity index (χ1) is 12.5. The Bertz CT molecular complexity index is 894. The molecule has 9 heteroatoms. The lowest BCUT2D eigenvalue weighted by atomic mass is 10.2. The number of rotatable bonds is 5. The molecule has 0 N–H and O–H groups in total. The highest BCUT2D eigenvalue weighted by Gasteiger charge is 2.33. The third-order valence-corrected chi connectivity index (χ3v) is 4.43. The molecule has 0 bridgehead atoms. The first-order valence-electron chi connectivity index (χ1n) is 7.61. The standard InChI is InChI=1S/C17H13N3O5S/c1-2-19-16(21)14(26-17(19)22)9-11-3-6-13(7-4-11)25-15-8-5-12(10-18-15)20(23)24/h3-10H,2H2,1H3/b14-9+. The number of likely N-dealkylation sites (N-methyl/N-ethyl adjacent to an activating group) is 1. The number of benzene rings is 1. The predicted molar refractivity (Wildman–Crippen MR) is 95.8 cm³/mol. The Morgan fingerprint density at radius 3 is 2.50 bits per heavy atom. The van der Waals surface area contributed by atoms with E-state index in [1.54, 1.807) is 37.3 Å². The van der Waals surface area contributed by atoms with Gasteiger partial charge in [0.1, 0.15) is 11.9 Å². The van der Waals surface area contributed by atoms with E-state index in [0.29, 0.717) is 17.2 Å². The number of nitrogens with zero attached hydrogens (tertiary/aromatic N) is 3. The van der Waals surface area contributed by atoms with E-state index >= 15 is 0 Å². The molecule has 1 aromatic heterocycles. The maximum absolute atomic E-state index is 12.1. The van der Waals surface area contributed by atoms with E-state index in [1.165, 1.54) is 17.0 Å². The van der Waals surface area contributed by atoms with Crippen LogP contribution in [-0.4, -0.2) is 32.5 Å². The molecule has 26 heavy (non-hydrogen) atoms. The van der Waals surface area contributed by atoms with Crippen LogP contribution in [0.1, 0.15) is 12.5 Å². The topological polar surface area (TPSA) is 103 Å². The number of hydrogen-bond acceptors (Lipinski definition) is 7. The SMILES string of the molecule is CCN1C(=O)S/C(=C/c2ccc(Oc3ccc([N+](=O)[O-])cn3)cc2)C1=O. The van der Waals surface area contributed by atoms with E-state index < -0.39 is 4.92 Å². The average molecular weight is 371 g/mol. The zero-order valence-electron chi connectivity index (χ0n) is 13.6. The van der Waals surface area contributed by atoms with Crippen LogP contribution in [0.15, 0.2) is 47.5 Å². The maximum atomic E-state index is 12.1. The van der Waals surface area contributed by atoms with E-state index in [0.717, 1.165) is 23.5 Å². The van der Waals surface area contributed by atoms with Crippen molar-refractivity contribution in [1.29, 1.82) is 0 Å². The first kappa shape index (κ1) is 17.6. The molecule has 1 saturated heterocycles. The molecule has 2 heterocycles. The summed E-state index contributed by atoms with van der Waals surface area (Å²) in [4.78, 5) is 39.3. The van der Waals surface area contributed by atoms with Gasteiger partial charge in [-0.3, -0.25) is 24.6 Å².